The fraction of sp³-hybridized carbons (Fsp3) is 0.152. The second kappa shape index (κ2) is 19.4. The van der Waals surface area contributed by atoms with Crippen molar-refractivity contribution in [2.75, 3.05) is 0 Å². The Morgan fingerprint density at radius 3 is 1.92 bits per heavy atom. The maximum Gasteiger partial charge on any atom is 0.121 e. The van der Waals surface area contributed by atoms with Crippen molar-refractivity contribution in [2.24, 2.45) is 0 Å². The monoisotopic (exact) mass is 1100 g/mol. The molecule has 0 amide bonds. The van der Waals surface area contributed by atoms with Crippen molar-refractivity contribution >= 4 is 54.5 Å². The van der Waals surface area contributed by atoms with E-state index in [0.29, 0.717) is 0 Å². The molecule has 12 aromatic rings. The maximum absolute atomic E-state index is 6.87. The van der Waals surface area contributed by atoms with Gasteiger partial charge in [-0.3, -0.25) is 4.98 Å². The van der Waals surface area contributed by atoms with Crippen LogP contribution in [0.2, 0.25) is 0 Å². The molecule has 0 bridgehead atoms. The fourth-order valence-corrected chi connectivity index (χ4v) is 9.90. The quantitative estimate of drug-likeness (QED) is 0.118. The Kier molecular flexibility index (Phi) is 12.9. The van der Waals surface area contributed by atoms with E-state index in [1.165, 1.54) is 66.2 Å². The van der Waals surface area contributed by atoms with Gasteiger partial charge >= 0.3 is 0 Å². The van der Waals surface area contributed by atoms with Gasteiger partial charge in [0.15, 0.2) is 0 Å². The van der Waals surface area contributed by atoms with Crippen molar-refractivity contribution in [1.29, 1.82) is 0 Å². The van der Waals surface area contributed by atoms with Gasteiger partial charge in [-0.05, 0) is 126 Å². The molecule has 0 aliphatic carbocycles. The van der Waals surface area contributed by atoms with Crippen LogP contribution in [0, 0.1) is 12.1 Å². The first kappa shape index (κ1) is 47.3. The average Bonchev–Trinajstić information content (AvgIpc) is 3.96. The zero-order valence-corrected chi connectivity index (χ0v) is 43.6. The number of nitrogens with zero attached hydrogens (tertiary/aromatic N) is 3. The molecule has 0 saturated heterocycles. The number of para-hydroxylation sites is 2. The van der Waals surface area contributed by atoms with E-state index in [-0.39, 0.29) is 37.4 Å². The molecule has 0 aliphatic rings. The smallest absolute Gasteiger partial charge is 0.121 e. The van der Waals surface area contributed by atoms with Crippen LogP contribution >= 0.6 is 0 Å². The molecule has 0 atom stereocenters. The molecule has 0 spiro atoms. The van der Waals surface area contributed by atoms with Gasteiger partial charge in [-0.25, -0.2) is 0 Å². The molecule has 0 aliphatic heterocycles. The van der Waals surface area contributed by atoms with Crippen molar-refractivity contribution < 1.29 is 24.5 Å². The number of rotatable bonds is 7. The van der Waals surface area contributed by atoms with Crippen LogP contribution in [-0.4, -0.2) is 14.5 Å². The second-order valence-corrected chi connectivity index (χ2v) is 20.0. The van der Waals surface area contributed by atoms with E-state index < -0.39 is 0 Å². The normalized spacial score (nSPS) is 11.7. The van der Waals surface area contributed by atoms with E-state index >= 15 is 0 Å². The summed E-state index contributed by atoms with van der Waals surface area (Å²) >= 11 is 0. The molecule has 0 N–H and O–H groups in total. The van der Waals surface area contributed by atoms with E-state index in [9.17, 15) is 0 Å². The topological polar surface area (TPSA) is 43.9 Å². The maximum atomic E-state index is 6.87. The molecule has 71 heavy (non-hydrogen) atoms. The van der Waals surface area contributed by atoms with Crippen LogP contribution in [0.25, 0.3) is 105 Å². The average molecular weight is 1100 g/mol. The Balaban J connectivity index is 0.000000292. The van der Waals surface area contributed by atoms with Gasteiger partial charge in [0, 0.05) is 37.4 Å². The van der Waals surface area contributed by atoms with Gasteiger partial charge in [0.25, 0.3) is 0 Å². The number of benzene rings is 9. The zero-order valence-electron chi connectivity index (χ0n) is 41.2. The van der Waals surface area contributed by atoms with Crippen molar-refractivity contribution in [2.45, 2.75) is 65.7 Å². The van der Waals surface area contributed by atoms with Gasteiger partial charge in [-0.15, -0.1) is 54.1 Å². The molecule has 0 fully saturated rings. The molecule has 351 valence electrons. The van der Waals surface area contributed by atoms with E-state index in [1.54, 1.807) is 0 Å². The Morgan fingerprint density at radius 1 is 0.535 bits per heavy atom. The number of aromatic nitrogens is 3. The molecule has 0 unspecified atom stereocenters. The predicted molar refractivity (Wildman–Crippen MR) is 294 cm³/mol. The third-order valence-corrected chi connectivity index (χ3v) is 13.7. The Labute approximate surface area is 430 Å². The first-order valence-electron chi connectivity index (χ1n) is 24.4. The summed E-state index contributed by atoms with van der Waals surface area (Å²) in [5.74, 6) is 1.34. The SMILES string of the molecule is CC(C)(C)c1ccnc(-c2[c-]cccc2)c1.CC(C)c1cc(-c2ccc(-c3ccccc3)cc2)cc(C(C)C)c1-n1c(-c2[c-]ccc3c2oc2cc4c(ccc5ccccc54)cc23)nc2ccccc21.[Ir]. The van der Waals surface area contributed by atoms with Crippen LogP contribution in [0.5, 0.6) is 0 Å². The van der Waals surface area contributed by atoms with Crippen molar-refractivity contribution in [3.05, 3.63) is 223 Å². The minimum Gasteiger partial charge on any atom is -0.501 e. The third-order valence-electron chi connectivity index (χ3n) is 13.7. The molecular formula is C66H55IrN3O-2. The van der Waals surface area contributed by atoms with Crippen LogP contribution in [0.3, 0.4) is 0 Å². The Bertz CT molecular complexity index is 3830. The second-order valence-electron chi connectivity index (χ2n) is 20.0. The number of pyridine rings is 1. The Morgan fingerprint density at radius 2 is 1.20 bits per heavy atom. The zero-order chi connectivity index (χ0) is 48.1. The van der Waals surface area contributed by atoms with Crippen LogP contribution in [0.15, 0.2) is 199 Å². The first-order valence-corrected chi connectivity index (χ1v) is 24.4. The molecule has 5 heteroatoms. The van der Waals surface area contributed by atoms with Crippen molar-refractivity contribution in [3.63, 3.8) is 0 Å². The number of furan rings is 1. The number of fused-ring (bicyclic) bond motifs is 7. The first-order chi connectivity index (χ1) is 34.0. The summed E-state index contributed by atoms with van der Waals surface area (Å²) in [4.78, 5) is 9.76. The van der Waals surface area contributed by atoms with Gasteiger partial charge < -0.3 is 14.0 Å². The summed E-state index contributed by atoms with van der Waals surface area (Å²) in [7, 11) is 0. The predicted octanol–water partition coefficient (Wildman–Crippen LogP) is 18.1. The van der Waals surface area contributed by atoms with Gasteiger partial charge in [0.2, 0.25) is 0 Å². The molecule has 4 nitrogen and oxygen atoms in total. The van der Waals surface area contributed by atoms with E-state index in [1.807, 2.05) is 36.5 Å². The molecule has 9 aromatic carbocycles. The van der Waals surface area contributed by atoms with Crippen LogP contribution < -0.4 is 0 Å². The summed E-state index contributed by atoms with van der Waals surface area (Å²) in [6.07, 6.45) is 1.87. The fourth-order valence-electron chi connectivity index (χ4n) is 9.90. The van der Waals surface area contributed by atoms with Crippen LogP contribution in [-0.2, 0) is 25.5 Å². The van der Waals surface area contributed by atoms with Crippen LogP contribution in [0.1, 0.15) is 77.0 Å². The molecule has 1 radical (unpaired) electrons. The largest absolute Gasteiger partial charge is 0.501 e. The number of imidazole rings is 1. The van der Waals surface area contributed by atoms with Crippen molar-refractivity contribution in [3.8, 4) is 50.6 Å². The van der Waals surface area contributed by atoms with Crippen molar-refractivity contribution in [1.82, 2.24) is 14.5 Å². The molecule has 3 aromatic heterocycles. The van der Waals surface area contributed by atoms with Crippen LogP contribution in [0.4, 0.5) is 0 Å². The Hall–Kier alpha value is -7.43. The molecule has 0 saturated carbocycles. The standard InChI is InChI=1S/C51H39N2O.C15H16N.Ir/c1-31(2)42-28-38(35-23-21-34(22-24-35)33-13-6-5-7-14-33)29-43(32(3)4)49(42)53-47-20-11-10-19-46(47)52-51(53)41-18-12-17-40-45-27-37-26-25-36-15-8-9-16-39(36)44(37)30-48(45)54-50(40)41;1-15(2,3)13-9-10-16-14(11-13)12-7-5-4-6-8-12;/h5-17,19-32H,1-4H3;4-7,9-11H,1-3H3;/q2*-1;. The summed E-state index contributed by atoms with van der Waals surface area (Å²) in [5.41, 5.74) is 16.7. The number of hydrogen-bond acceptors (Lipinski definition) is 3. The minimum absolute atomic E-state index is 0. The summed E-state index contributed by atoms with van der Waals surface area (Å²) in [5, 5.41) is 7.00. The molecule has 3 heterocycles. The summed E-state index contributed by atoms with van der Waals surface area (Å²) in [6.45, 7) is 15.8. The van der Waals surface area contributed by atoms with E-state index in [2.05, 4.69) is 228 Å². The van der Waals surface area contributed by atoms with Gasteiger partial charge in [-0.1, -0.05) is 169 Å². The van der Waals surface area contributed by atoms with Gasteiger partial charge in [-0.2, -0.15) is 0 Å². The molecule has 12 rings (SSSR count). The van der Waals surface area contributed by atoms with E-state index in [4.69, 9.17) is 9.40 Å². The molecular weight excluding hydrogens is 1040 g/mol. The van der Waals surface area contributed by atoms with Gasteiger partial charge in [0.05, 0.1) is 22.4 Å². The summed E-state index contributed by atoms with van der Waals surface area (Å²) in [6, 6.07) is 73.4. The summed E-state index contributed by atoms with van der Waals surface area (Å²) < 4.78 is 9.25. The van der Waals surface area contributed by atoms with E-state index in [0.717, 1.165) is 55.6 Å². The van der Waals surface area contributed by atoms with Gasteiger partial charge in [0.1, 0.15) is 5.58 Å². The third kappa shape index (κ3) is 9.02. The minimum atomic E-state index is 0. The number of hydrogen-bond donors (Lipinski definition) is 0.